The van der Waals surface area contributed by atoms with Crippen molar-refractivity contribution in [2.45, 2.75) is 25.3 Å². The van der Waals surface area contributed by atoms with Gasteiger partial charge in [-0.3, -0.25) is 14.5 Å². The standard InChI is InChI=1S/C21H21NO2/c23-20(16-5-2-1-3-6-16)21(24)18-8-4-7-17(14-18)19-13-15-9-11-22(19)12-10-15/h1-8,14-15,19H,9-13H2. The Kier molecular flexibility index (Phi) is 4.03. The lowest BCUT2D eigenvalue weighted by Gasteiger charge is -2.45. The van der Waals surface area contributed by atoms with Gasteiger partial charge in [0.1, 0.15) is 0 Å². The van der Waals surface area contributed by atoms with Crippen LogP contribution in [0.2, 0.25) is 0 Å². The van der Waals surface area contributed by atoms with Crippen LogP contribution in [-0.4, -0.2) is 29.6 Å². The van der Waals surface area contributed by atoms with Crippen molar-refractivity contribution >= 4 is 11.6 Å². The fourth-order valence-electron chi connectivity index (χ4n) is 4.05. The van der Waals surface area contributed by atoms with E-state index in [1.165, 1.54) is 24.8 Å². The molecule has 5 rings (SSSR count). The van der Waals surface area contributed by atoms with Crippen LogP contribution in [-0.2, 0) is 0 Å². The molecule has 0 saturated carbocycles. The maximum Gasteiger partial charge on any atom is 0.233 e. The van der Waals surface area contributed by atoms with E-state index in [4.69, 9.17) is 0 Å². The molecule has 3 fully saturated rings. The first-order valence-electron chi connectivity index (χ1n) is 8.70. The largest absolute Gasteiger partial charge is 0.296 e. The van der Waals surface area contributed by atoms with Crippen molar-refractivity contribution < 1.29 is 9.59 Å². The number of hydrogen-bond acceptors (Lipinski definition) is 3. The summed E-state index contributed by atoms with van der Waals surface area (Å²) in [6.45, 7) is 2.30. The zero-order valence-corrected chi connectivity index (χ0v) is 13.7. The Hall–Kier alpha value is -2.26. The van der Waals surface area contributed by atoms with E-state index in [1.807, 2.05) is 18.2 Å². The van der Waals surface area contributed by atoms with Gasteiger partial charge in [-0.2, -0.15) is 0 Å². The molecule has 0 aliphatic carbocycles. The van der Waals surface area contributed by atoms with Gasteiger partial charge in [0.25, 0.3) is 0 Å². The van der Waals surface area contributed by atoms with Gasteiger partial charge in [-0.05, 0) is 49.9 Å². The molecule has 2 aromatic carbocycles. The summed E-state index contributed by atoms with van der Waals surface area (Å²) in [5.41, 5.74) is 2.13. The van der Waals surface area contributed by atoms with Crippen LogP contribution < -0.4 is 0 Å². The highest BCUT2D eigenvalue weighted by Crippen LogP contribution is 2.40. The maximum atomic E-state index is 12.6. The van der Waals surface area contributed by atoms with E-state index < -0.39 is 11.6 Å². The van der Waals surface area contributed by atoms with Gasteiger partial charge in [-0.15, -0.1) is 0 Å². The first-order valence-corrected chi connectivity index (χ1v) is 8.70. The van der Waals surface area contributed by atoms with E-state index in [-0.39, 0.29) is 0 Å². The number of fused-ring (bicyclic) bond motifs is 3. The van der Waals surface area contributed by atoms with Crippen LogP contribution in [0.15, 0.2) is 54.6 Å². The second-order valence-electron chi connectivity index (χ2n) is 6.88. The second kappa shape index (κ2) is 6.33. The molecule has 3 heterocycles. The van der Waals surface area contributed by atoms with Crippen LogP contribution >= 0.6 is 0 Å². The van der Waals surface area contributed by atoms with E-state index in [9.17, 15) is 9.59 Å². The van der Waals surface area contributed by atoms with Crippen molar-refractivity contribution in [1.29, 1.82) is 0 Å². The average Bonchev–Trinajstić information content (AvgIpc) is 2.68. The van der Waals surface area contributed by atoms with Gasteiger partial charge < -0.3 is 0 Å². The number of carbonyl (C=O) groups is 2. The first kappa shape index (κ1) is 15.3. The molecule has 3 aliphatic rings. The predicted octanol–water partition coefficient (Wildman–Crippen LogP) is 3.91. The van der Waals surface area contributed by atoms with Gasteiger partial charge in [0.05, 0.1) is 0 Å². The summed E-state index contributed by atoms with van der Waals surface area (Å²) in [5.74, 6) is -0.0393. The van der Waals surface area contributed by atoms with Crippen molar-refractivity contribution in [3.05, 3.63) is 71.3 Å². The lowest BCUT2D eigenvalue weighted by atomic mass is 9.80. The highest BCUT2D eigenvalue weighted by Gasteiger charge is 2.34. The minimum absolute atomic E-state index is 0.400. The lowest BCUT2D eigenvalue weighted by Crippen LogP contribution is -2.43. The number of benzene rings is 2. The molecule has 0 spiro atoms. The fourth-order valence-corrected chi connectivity index (χ4v) is 4.05. The summed E-state index contributed by atoms with van der Waals surface area (Å²) in [6.07, 6.45) is 3.76. The number of hydrogen-bond donors (Lipinski definition) is 0. The Labute approximate surface area is 142 Å². The van der Waals surface area contributed by atoms with Crippen LogP contribution in [0.1, 0.15) is 51.6 Å². The molecule has 122 valence electrons. The molecule has 1 atom stereocenters. The molecule has 0 amide bonds. The van der Waals surface area contributed by atoms with Gasteiger partial charge in [-0.25, -0.2) is 0 Å². The SMILES string of the molecule is O=C(C(=O)c1cccc(C2CC3CCN2CC3)c1)c1ccccc1. The van der Waals surface area contributed by atoms with Crippen LogP contribution in [0.5, 0.6) is 0 Å². The summed E-state index contributed by atoms with van der Waals surface area (Å²) in [6, 6.07) is 16.9. The number of piperidine rings is 3. The summed E-state index contributed by atoms with van der Waals surface area (Å²) < 4.78 is 0. The minimum atomic E-state index is -0.432. The monoisotopic (exact) mass is 319 g/mol. The molecule has 0 N–H and O–H groups in total. The third kappa shape index (κ3) is 2.80. The first-order chi connectivity index (χ1) is 11.7. The normalized spacial score (nSPS) is 25.4. The van der Waals surface area contributed by atoms with Gasteiger partial charge in [0, 0.05) is 17.2 Å². The van der Waals surface area contributed by atoms with E-state index in [0.717, 1.165) is 19.0 Å². The van der Waals surface area contributed by atoms with Gasteiger partial charge >= 0.3 is 0 Å². The zero-order valence-electron chi connectivity index (χ0n) is 13.7. The molecule has 24 heavy (non-hydrogen) atoms. The van der Waals surface area contributed by atoms with Crippen LogP contribution in [0.25, 0.3) is 0 Å². The second-order valence-corrected chi connectivity index (χ2v) is 6.88. The smallest absolute Gasteiger partial charge is 0.233 e. The minimum Gasteiger partial charge on any atom is -0.296 e. The van der Waals surface area contributed by atoms with Gasteiger partial charge in [-0.1, -0.05) is 48.5 Å². The van der Waals surface area contributed by atoms with Crippen molar-refractivity contribution in [2.24, 2.45) is 5.92 Å². The van der Waals surface area contributed by atoms with Crippen LogP contribution in [0, 0.1) is 5.92 Å². The molecule has 2 aromatic rings. The molecule has 2 bridgehead atoms. The van der Waals surface area contributed by atoms with Crippen molar-refractivity contribution in [2.75, 3.05) is 13.1 Å². The molecule has 0 radical (unpaired) electrons. The predicted molar refractivity (Wildman–Crippen MR) is 93.2 cm³/mol. The Morgan fingerprint density at radius 2 is 1.50 bits per heavy atom. The molecule has 1 unspecified atom stereocenters. The summed E-state index contributed by atoms with van der Waals surface area (Å²) in [5, 5.41) is 0. The summed E-state index contributed by atoms with van der Waals surface area (Å²) in [4.78, 5) is 27.5. The molecule has 3 aliphatic heterocycles. The number of ketones is 2. The molecule has 3 saturated heterocycles. The van der Waals surface area contributed by atoms with Crippen molar-refractivity contribution in [1.82, 2.24) is 4.90 Å². The van der Waals surface area contributed by atoms with Crippen LogP contribution in [0.4, 0.5) is 0 Å². The van der Waals surface area contributed by atoms with E-state index >= 15 is 0 Å². The quantitative estimate of drug-likeness (QED) is 0.633. The Morgan fingerprint density at radius 1 is 0.833 bits per heavy atom. The highest BCUT2D eigenvalue weighted by atomic mass is 16.2. The number of carbonyl (C=O) groups excluding carboxylic acids is 2. The maximum absolute atomic E-state index is 12.6. The van der Waals surface area contributed by atoms with E-state index in [1.54, 1.807) is 30.3 Å². The Balaban J connectivity index is 1.59. The number of nitrogens with zero attached hydrogens (tertiary/aromatic N) is 1. The number of Topliss-reactive ketones (excluding diaryl/α,β-unsaturated/α-hetero) is 2. The molecule has 3 nitrogen and oxygen atoms in total. The zero-order chi connectivity index (χ0) is 16.5. The van der Waals surface area contributed by atoms with Gasteiger partial charge in [0.2, 0.25) is 11.6 Å². The Bertz CT molecular complexity index is 760. The van der Waals surface area contributed by atoms with E-state index in [2.05, 4.69) is 11.0 Å². The lowest BCUT2D eigenvalue weighted by molar-refractivity contribution is 0.0490. The number of rotatable bonds is 4. The summed E-state index contributed by atoms with van der Waals surface area (Å²) >= 11 is 0. The molecular weight excluding hydrogens is 298 g/mol. The topological polar surface area (TPSA) is 37.4 Å². The van der Waals surface area contributed by atoms with Crippen LogP contribution in [0.3, 0.4) is 0 Å². The van der Waals surface area contributed by atoms with Crippen molar-refractivity contribution in [3.8, 4) is 0 Å². The molecular formula is C21H21NO2. The van der Waals surface area contributed by atoms with Gasteiger partial charge in [0.15, 0.2) is 0 Å². The summed E-state index contributed by atoms with van der Waals surface area (Å²) in [7, 11) is 0. The molecule has 3 heteroatoms. The third-order valence-corrected chi connectivity index (χ3v) is 5.42. The highest BCUT2D eigenvalue weighted by molar-refractivity contribution is 6.49. The third-order valence-electron chi connectivity index (χ3n) is 5.42. The van der Waals surface area contributed by atoms with Crippen molar-refractivity contribution in [3.63, 3.8) is 0 Å². The average molecular weight is 319 g/mol. The fraction of sp³-hybridized carbons (Fsp3) is 0.333. The Morgan fingerprint density at radius 3 is 2.17 bits per heavy atom. The van der Waals surface area contributed by atoms with E-state index in [0.29, 0.717) is 17.2 Å². The molecule has 0 aromatic heterocycles.